The smallest absolute Gasteiger partial charge is 0.382 e. The van der Waals surface area contributed by atoms with Crippen LogP contribution in [0.2, 0.25) is 0 Å². The minimum Gasteiger partial charge on any atom is -0.382 e. The first kappa shape index (κ1) is 23.7. The van der Waals surface area contributed by atoms with E-state index in [4.69, 9.17) is 17.0 Å². The number of nitro groups is 1. The van der Waals surface area contributed by atoms with Gasteiger partial charge < -0.3 is 19.9 Å². The number of hydrogen-bond donors (Lipinski definition) is 1. The van der Waals surface area contributed by atoms with Crippen LogP contribution in [0.4, 0.5) is 24.5 Å². The van der Waals surface area contributed by atoms with Crippen molar-refractivity contribution in [2.45, 2.75) is 44.0 Å². The van der Waals surface area contributed by atoms with Crippen molar-refractivity contribution < 1.29 is 22.8 Å². The molecule has 0 atom stereocenters. The van der Waals surface area contributed by atoms with Gasteiger partial charge in [0.25, 0.3) is 5.69 Å². The molecule has 172 valence electrons. The molecule has 0 amide bonds. The number of rotatable bonds is 6. The van der Waals surface area contributed by atoms with Gasteiger partial charge >= 0.3 is 6.18 Å². The summed E-state index contributed by atoms with van der Waals surface area (Å²) in [5.74, 6) is 0. The quantitative estimate of drug-likeness (QED) is 0.392. The second kappa shape index (κ2) is 10.1. The van der Waals surface area contributed by atoms with Gasteiger partial charge in [-0.25, -0.2) is 0 Å². The molecule has 1 aromatic rings. The van der Waals surface area contributed by atoms with E-state index in [9.17, 15) is 23.3 Å². The molecule has 0 radical (unpaired) electrons. The van der Waals surface area contributed by atoms with Crippen LogP contribution in [0.3, 0.4) is 0 Å². The lowest BCUT2D eigenvalue weighted by Crippen LogP contribution is -2.48. The monoisotopic (exact) mass is 460 g/mol. The Kier molecular flexibility index (Phi) is 7.71. The van der Waals surface area contributed by atoms with Crippen LogP contribution in [-0.4, -0.2) is 71.7 Å². The molecule has 1 aliphatic heterocycles. The fraction of sp³-hybridized carbons (Fsp3) is 0.650. The SMILES string of the molecule is CN1CCN(C(=S)CO[C@H]2CC[C@H](Nc3ccc([N+](=O)[O-])c(C(F)(F)F)c3)CC2)CC1. The van der Waals surface area contributed by atoms with Gasteiger partial charge in [0, 0.05) is 44.0 Å². The summed E-state index contributed by atoms with van der Waals surface area (Å²) in [6, 6.07) is 3.03. The lowest BCUT2D eigenvalue weighted by atomic mass is 9.92. The lowest BCUT2D eigenvalue weighted by Gasteiger charge is -2.35. The van der Waals surface area contributed by atoms with Crippen LogP contribution in [0.1, 0.15) is 31.2 Å². The van der Waals surface area contributed by atoms with Crippen molar-refractivity contribution >= 4 is 28.6 Å². The maximum Gasteiger partial charge on any atom is 0.423 e. The highest BCUT2D eigenvalue weighted by Gasteiger charge is 2.38. The molecule has 3 rings (SSSR count). The number of likely N-dealkylation sites (N-methyl/N-ethyl adjacent to an activating group) is 1. The van der Waals surface area contributed by atoms with E-state index in [1.807, 2.05) is 0 Å². The molecule has 1 saturated heterocycles. The van der Waals surface area contributed by atoms with Gasteiger partial charge in [-0.05, 0) is 44.9 Å². The van der Waals surface area contributed by atoms with Gasteiger partial charge in [0.15, 0.2) is 0 Å². The zero-order chi connectivity index (χ0) is 22.6. The van der Waals surface area contributed by atoms with E-state index >= 15 is 0 Å². The van der Waals surface area contributed by atoms with Crippen molar-refractivity contribution in [3.63, 3.8) is 0 Å². The first-order valence-corrected chi connectivity index (χ1v) is 10.7. The maximum atomic E-state index is 13.2. The molecular weight excluding hydrogens is 433 g/mol. The number of thiocarbonyl (C=S) groups is 1. The van der Waals surface area contributed by atoms with E-state index in [0.29, 0.717) is 6.61 Å². The summed E-state index contributed by atoms with van der Waals surface area (Å²) in [6.07, 6.45) is -1.67. The number of nitrogens with one attached hydrogen (secondary N) is 1. The first-order chi connectivity index (χ1) is 14.6. The summed E-state index contributed by atoms with van der Waals surface area (Å²) < 4.78 is 45.5. The van der Waals surface area contributed by atoms with Gasteiger partial charge in [0.1, 0.15) is 10.6 Å². The summed E-state index contributed by atoms with van der Waals surface area (Å²) in [7, 11) is 2.09. The fourth-order valence-electron chi connectivity index (χ4n) is 3.96. The summed E-state index contributed by atoms with van der Waals surface area (Å²) in [5.41, 5.74) is -1.94. The Balaban J connectivity index is 1.47. The molecule has 0 aromatic heterocycles. The second-order valence-corrected chi connectivity index (χ2v) is 8.57. The predicted molar refractivity (Wildman–Crippen MR) is 115 cm³/mol. The third-order valence-electron chi connectivity index (χ3n) is 5.84. The zero-order valence-electron chi connectivity index (χ0n) is 17.4. The number of piperazine rings is 1. The number of halogens is 3. The molecule has 31 heavy (non-hydrogen) atoms. The maximum absolute atomic E-state index is 13.2. The van der Waals surface area contributed by atoms with E-state index in [-0.39, 0.29) is 17.8 Å². The topological polar surface area (TPSA) is 70.9 Å². The average molecular weight is 461 g/mol. The minimum absolute atomic E-state index is 0.00743. The summed E-state index contributed by atoms with van der Waals surface area (Å²) in [4.78, 5) is 15.1. The van der Waals surface area contributed by atoms with Crippen LogP contribution < -0.4 is 5.32 Å². The van der Waals surface area contributed by atoms with E-state index < -0.39 is 22.4 Å². The predicted octanol–water partition coefficient (Wildman–Crippen LogP) is 3.93. The Bertz CT molecular complexity index is 792. The van der Waals surface area contributed by atoms with Crippen molar-refractivity contribution in [2.24, 2.45) is 0 Å². The molecule has 0 spiro atoms. The lowest BCUT2D eigenvalue weighted by molar-refractivity contribution is -0.388. The molecule has 7 nitrogen and oxygen atoms in total. The second-order valence-electron chi connectivity index (χ2n) is 8.10. The molecule has 1 N–H and O–H groups in total. The number of nitro benzene ring substituents is 1. The Morgan fingerprint density at radius 3 is 2.45 bits per heavy atom. The normalized spacial score (nSPS) is 22.9. The molecule has 0 bridgehead atoms. The fourth-order valence-corrected chi connectivity index (χ4v) is 4.21. The minimum atomic E-state index is -4.78. The highest BCUT2D eigenvalue weighted by Crippen LogP contribution is 2.38. The van der Waals surface area contributed by atoms with Gasteiger partial charge in [-0.3, -0.25) is 10.1 Å². The molecule has 1 saturated carbocycles. The number of benzene rings is 1. The van der Waals surface area contributed by atoms with Gasteiger partial charge in [0.05, 0.1) is 17.6 Å². The largest absolute Gasteiger partial charge is 0.423 e. The number of nitrogens with zero attached hydrogens (tertiary/aromatic N) is 3. The Labute approximate surface area is 184 Å². The molecule has 2 fully saturated rings. The number of alkyl halides is 3. The summed E-state index contributed by atoms with van der Waals surface area (Å²) in [5, 5.41) is 14.0. The van der Waals surface area contributed by atoms with E-state index in [0.717, 1.165) is 69.0 Å². The number of ether oxygens (including phenoxy) is 1. The summed E-state index contributed by atoms with van der Waals surface area (Å²) in [6.45, 7) is 4.19. The van der Waals surface area contributed by atoms with Crippen LogP contribution in [0.5, 0.6) is 0 Å². The molecule has 11 heteroatoms. The van der Waals surface area contributed by atoms with Gasteiger partial charge in [-0.2, -0.15) is 13.2 Å². The Hall–Kier alpha value is -1.98. The van der Waals surface area contributed by atoms with E-state index in [1.54, 1.807) is 0 Å². The van der Waals surface area contributed by atoms with Gasteiger partial charge in [-0.1, -0.05) is 12.2 Å². The van der Waals surface area contributed by atoms with Gasteiger partial charge in [-0.15, -0.1) is 0 Å². The third-order valence-corrected chi connectivity index (χ3v) is 6.22. The first-order valence-electron chi connectivity index (χ1n) is 10.3. The summed E-state index contributed by atoms with van der Waals surface area (Å²) >= 11 is 5.49. The zero-order valence-corrected chi connectivity index (χ0v) is 18.2. The van der Waals surface area contributed by atoms with Crippen molar-refractivity contribution in [1.29, 1.82) is 0 Å². The standard InChI is InChI=1S/C20H27F3N4O3S/c1-25-8-10-26(11-9-25)19(31)13-30-16-5-2-14(3-6-16)24-15-4-7-18(27(28)29)17(12-15)20(21,22)23/h4,7,12,14,16,24H,2-3,5-6,8-11,13H2,1H3/t14-,16-. The van der Waals surface area contributed by atoms with Gasteiger partial charge in [0.2, 0.25) is 0 Å². The Morgan fingerprint density at radius 2 is 1.87 bits per heavy atom. The van der Waals surface area contributed by atoms with Crippen LogP contribution >= 0.6 is 12.2 Å². The highest BCUT2D eigenvalue weighted by molar-refractivity contribution is 7.80. The van der Waals surface area contributed by atoms with E-state index in [1.165, 1.54) is 6.07 Å². The molecule has 1 heterocycles. The molecule has 0 unspecified atom stereocenters. The average Bonchev–Trinajstić information content (AvgIpc) is 2.72. The molecular formula is C20H27F3N4O3S. The van der Waals surface area contributed by atoms with Crippen LogP contribution in [-0.2, 0) is 10.9 Å². The molecule has 2 aliphatic rings. The number of anilines is 1. The van der Waals surface area contributed by atoms with Crippen LogP contribution in [0.25, 0.3) is 0 Å². The number of hydrogen-bond acceptors (Lipinski definition) is 6. The van der Waals surface area contributed by atoms with Crippen molar-refractivity contribution in [3.8, 4) is 0 Å². The molecule has 1 aromatic carbocycles. The van der Waals surface area contributed by atoms with E-state index in [2.05, 4.69) is 22.2 Å². The van der Waals surface area contributed by atoms with Crippen molar-refractivity contribution in [3.05, 3.63) is 33.9 Å². The highest BCUT2D eigenvalue weighted by atomic mass is 32.1. The van der Waals surface area contributed by atoms with Crippen LogP contribution in [0.15, 0.2) is 18.2 Å². The Morgan fingerprint density at radius 1 is 1.23 bits per heavy atom. The third kappa shape index (κ3) is 6.50. The van der Waals surface area contributed by atoms with Crippen molar-refractivity contribution in [1.82, 2.24) is 9.80 Å². The van der Waals surface area contributed by atoms with Crippen LogP contribution in [0, 0.1) is 10.1 Å². The molecule has 1 aliphatic carbocycles. The van der Waals surface area contributed by atoms with Crippen molar-refractivity contribution in [2.75, 3.05) is 45.2 Å².